The minimum absolute atomic E-state index is 0.271. The lowest BCUT2D eigenvalue weighted by molar-refractivity contribution is -0.147. The summed E-state index contributed by atoms with van der Waals surface area (Å²) in [6, 6.07) is 8.93. The lowest BCUT2D eigenvalue weighted by Gasteiger charge is -2.36. The second-order valence-corrected chi connectivity index (χ2v) is 9.25. The van der Waals surface area contributed by atoms with Crippen LogP contribution >= 0.6 is 0 Å². The molecule has 0 radical (unpaired) electrons. The molecule has 1 N–H and O–H groups in total. The van der Waals surface area contributed by atoms with Crippen LogP contribution < -0.4 is 4.72 Å². The summed E-state index contributed by atoms with van der Waals surface area (Å²) in [4.78, 5) is 12.5. The van der Waals surface area contributed by atoms with Crippen LogP contribution in [-0.2, 0) is 20.5 Å². The van der Waals surface area contributed by atoms with E-state index in [1.54, 1.807) is 6.92 Å². The molecule has 5 heteroatoms. The Balaban J connectivity index is 3.18. The third-order valence-electron chi connectivity index (χ3n) is 3.93. The molecule has 0 amide bonds. The van der Waals surface area contributed by atoms with Gasteiger partial charge in [0.05, 0.1) is 22.3 Å². The molecule has 1 aromatic rings. The fourth-order valence-electron chi connectivity index (χ4n) is 2.19. The van der Waals surface area contributed by atoms with Crippen molar-refractivity contribution in [1.82, 2.24) is 4.72 Å². The topological polar surface area (TPSA) is 55.4 Å². The van der Waals surface area contributed by atoms with Gasteiger partial charge in [-0.1, -0.05) is 50.8 Å². The van der Waals surface area contributed by atoms with Crippen molar-refractivity contribution < 1.29 is 13.7 Å². The lowest BCUT2D eigenvalue weighted by Crippen LogP contribution is -2.52. The molecule has 0 bridgehead atoms. The molecule has 24 heavy (non-hydrogen) atoms. The summed E-state index contributed by atoms with van der Waals surface area (Å²) in [6.07, 6.45) is 0. The van der Waals surface area contributed by atoms with E-state index in [2.05, 4.69) is 11.3 Å². The Labute approximate surface area is 148 Å². The van der Waals surface area contributed by atoms with Gasteiger partial charge in [-0.15, -0.1) is 0 Å². The van der Waals surface area contributed by atoms with Crippen LogP contribution in [0.2, 0.25) is 0 Å². The van der Waals surface area contributed by atoms with Crippen molar-refractivity contribution in [3.63, 3.8) is 0 Å². The van der Waals surface area contributed by atoms with E-state index in [1.807, 2.05) is 65.0 Å². The molecular weight excluding hydrogens is 322 g/mol. The van der Waals surface area contributed by atoms with E-state index < -0.39 is 33.2 Å². The van der Waals surface area contributed by atoms with Gasteiger partial charge in [0.1, 0.15) is 6.04 Å². The van der Waals surface area contributed by atoms with Crippen molar-refractivity contribution in [1.29, 1.82) is 0 Å². The number of carbonyl (C=O) groups excluding carboxylic acids is 1. The van der Waals surface area contributed by atoms with E-state index in [4.69, 9.17) is 4.74 Å². The first kappa shape index (κ1) is 20.6. The Hall–Kier alpha value is -1.46. The lowest BCUT2D eigenvalue weighted by atomic mass is 9.75. The van der Waals surface area contributed by atoms with Gasteiger partial charge in [-0.05, 0) is 38.8 Å². The van der Waals surface area contributed by atoms with Crippen LogP contribution in [0.5, 0.6) is 0 Å². The van der Waals surface area contributed by atoms with E-state index in [-0.39, 0.29) is 6.61 Å². The minimum atomic E-state index is -1.40. The summed E-state index contributed by atoms with van der Waals surface area (Å²) in [5.74, 6) is -0.419. The van der Waals surface area contributed by atoms with Crippen LogP contribution in [-0.4, -0.2) is 27.6 Å². The number of benzene rings is 1. The number of esters is 1. The van der Waals surface area contributed by atoms with Gasteiger partial charge in [0.2, 0.25) is 0 Å². The molecule has 0 aromatic heterocycles. The second-order valence-electron chi connectivity index (χ2n) is 7.25. The van der Waals surface area contributed by atoms with Gasteiger partial charge in [-0.2, -0.15) is 0 Å². The zero-order valence-electron chi connectivity index (χ0n) is 15.5. The summed E-state index contributed by atoms with van der Waals surface area (Å²) >= 11 is 0. The summed E-state index contributed by atoms with van der Waals surface area (Å²) in [5, 5.41) is 0. The van der Waals surface area contributed by atoms with Crippen LogP contribution in [0.4, 0.5) is 0 Å². The predicted octanol–water partition coefficient (Wildman–Crippen LogP) is 3.71. The molecule has 0 aliphatic heterocycles. The summed E-state index contributed by atoms with van der Waals surface area (Å²) in [5.41, 5.74) is 1.06. The van der Waals surface area contributed by atoms with Crippen molar-refractivity contribution in [2.45, 2.75) is 52.3 Å². The first-order valence-corrected chi connectivity index (χ1v) is 9.26. The Morgan fingerprint density at radius 2 is 1.75 bits per heavy atom. The van der Waals surface area contributed by atoms with Crippen molar-refractivity contribution in [3.05, 3.63) is 42.5 Å². The first-order valence-electron chi connectivity index (χ1n) is 8.11. The highest BCUT2D eigenvalue weighted by Crippen LogP contribution is 2.37. The van der Waals surface area contributed by atoms with Gasteiger partial charge in [-0.3, -0.25) is 4.79 Å². The average Bonchev–Trinajstić information content (AvgIpc) is 2.51. The maximum atomic E-state index is 12.6. The minimum Gasteiger partial charge on any atom is -0.465 e. The van der Waals surface area contributed by atoms with Gasteiger partial charge in [0, 0.05) is 5.41 Å². The van der Waals surface area contributed by atoms with Crippen molar-refractivity contribution in [2.24, 2.45) is 5.41 Å². The smallest absolute Gasteiger partial charge is 0.324 e. The monoisotopic (exact) mass is 351 g/mol. The van der Waals surface area contributed by atoms with E-state index in [9.17, 15) is 9.00 Å². The van der Waals surface area contributed by atoms with Crippen LogP contribution in [0, 0.1) is 5.41 Å². The number of hydrogen-bond acceptors (Lipinski definition) is 3. The van der Waals surface area contributed by atoms with Crippen LogP contribution in [0.1, 0.15) is 47.1 Å². The molecule has 0 saturated heterocycles. The van der Waals surface area contributed by atoms with Gasteiger partial charge in [0.15, 0.2) is 0 Å². The molecule has 0 aliphatic carbocycles. The molecule has 0 aliphatic rings. The quantitative estimate of drug-likeness (QED) is 0.762. The number of rotatable bonds is 7. The number of nitrogens with one attached hydrogen (secondary N) is 1. The second kappa shape index (κ2) is 8.08. The molecular formula is C19H29NO3S. The molecule has 1 aromatic carbocycles. The molecule has 2 atom stereocenters. The maximum absolute atomic E-state index is 12.6. The number of carbonyl (C=O) groups is 1. The van der Waals surface area contributed by atoms with Gasteiger partial charge in [-0.25, -0.2) is 8.93 Å². The Morgan fingerprint density at radius 1 is 1.21 bits per heavy atom. The Kier molecular flexibility index (Phi) is 6.93. The molecule has 0 fully saturated rings. The third-order valence-corrected chi connectivity index (χ3v) is 5.49. The van der Waals surface area contributed by atoms with Crippen molar-refractivity contribution >= 4 is 22.5 Å². The first-order chi connectivity index (χ1) is 11.0. The fraction of sp³-hybridized carbons (Fsp3) is 0.526. The van der Waals surface area contributed by atoms with Crippen LogP contribution in [0.15, 0.2) is 36.9 Å². The standard InChI is InChI=1S/C19H29NO3S/c1-8-23-17(21)16(20-24(22)18(3,4)5)19(6,7)14(2)15-12-10-9-11-13-15/h9-13,16,20H,2,8H2,1,3-7H3/t16-,24?/m0/s1. The summed E-state index contributed by atoms with van der Waals surface area (Å²) in [6.45, 7) is 15.6. The molecule has 1 rings (SSSR count). The van der Waals surface area contributed by atoms with Gasteiger partial charge < -0.3 is 4.74 Å². The maximum Gasteiger partial charge on any atom is 0.324 e. The molecule has 4 nitrogen and oxygen atoms in total. The number of hydrogen-bond donors (Lipinski definition) is 1. The van der Waals surface area contributed by atoms with Gasteiger partial charge >= 0.3 is 5.97 Å². The number of ether oxygens (including phenoxy) is 1. The van der Waals surface area contributed by atoms with Crippen LogP contribution in [0.25, 0.3) is 5.57 Å². The third kappa shape index (κ3) is 5.02. The largest absolute Gasteiger partial charge is 0.465 e. The van der Waals surface area contributed by atoms with Crippen molar-refractivity contribution in [3.8, 4) is 0 Å². The van der Waals surface area contributed by atoms with E-state index in [1.165, 1.54) is 0 Å². The normalized spacial score (nSPS) is 14.8. The predicted molar refractivity (Wildman–Crippen MR) is 101 cm³/mol. The summed E-state index contributed by atoms with van der Waals surface area (Å²) < 4.78 is 20.2. The molecule has 0 saturated carbocycles. The highest BCUT2D eigenvalue weighted by Gasteiger charge is 2.41. The SMILES string of the molecule is C=C(c1ccccc1)C(C)(C)[C@@H](NS(=O)C(C)(C)C)C(=O)OCC. The summed E-state index contributed by atoms with van der Waals surface area (Å²) in [7, 11) is -1.40. The van der Waals surface area contributed by atoms with Gasteiger partial charge in [0.25, 0.3) is 0 Å². The highest BCUT2D eigenvalue weighted by molar-refractivity contribution is 7.84. The fourth-order valence-corrected chi connectivity index (χ4v) is 3.14. The average molecular weight is 352 g/mol. The van der Waals surface area contributed by atoms with E-state index in [0.717, 1.165) is 11.1 Å². The molecule has 0 heterocycles. The zero-order valence-corrected chi connectivity index (χ0v) is 16.3. The van der Waals surface area contributed by atoms with Crippen molar-refractivity contribution in [2.75, 3.05) is 6.61 Å². The highest BCUT2D eigenvalue weighted by atomic mass is 32.2. The van der Waals surface area contributed by atoms with Crippen LogP contribution in [0.3, 0.4) is 0 Å². The Morgan fingerprint density at radius 3 is 2.21 bits per heavy atom. The molecule has 1 unspecified atom stereocenters. The molecule has 134 valence electrons. The van der Waals surface area contributed by atoms with E-state index >= 15 is 0 Å². The molecule has 0 spiro atoms. The van der Waals surface area contributed by atoms with E-state index in [0.29, 0.717) is 0 Å². The Bertz CT molecular complexity index is 603. The zero-order chi connectivity index (χ0) is 18.5.